The summed E-state index contributed by atoms with van der Waals surface area (Å²) in [6, 6.07) is 7.37. The molecule has 0 unspecified atom stereocenters. The first-order chi connectivity index (χ1) is 17.0. The molecule has 0 saturated carbocycles. The van der Waals surface area contributed by atoms with Gasteiger partial charge in [0.05, 0.1) is 36.4 Å². The van der Waals surface area contributed by atoms with Gasteiger partial charge in [-0.25, -0.2) is 9.37 Å². The lowest BCUT2D eigenvalue weighted by Crippen LogP contribution is -2.52. The predicted molar refractivity (Wildman–Crippen MR) is 133 cm³/mol. The van der Waals surface area contributed by atoms with Crippen LogP contribution in [0.25, 0.3) is 10.9 Å². The summed E-state index contributed by atoms with van der Waals surface area (Å²) in [6.45, 7) is 2.51. The van der Waals surface area contributed by atoms with E-state index in [-0.39, 0.29) is 17.8 Å². The van der Waals surface area contributed by atoms with Crippen LogP contribution in [0.15, 0.2) is 41.7 Å². The summed E-state index contributed by atoms with van der Waals surface area (Å²) in [4.78, 5) is 22.4. The number of likely N-dealkylation sites (tertiary alicyclic amines) is 1. The molecule has 3 aromatic rings. The van der Waals surface area contributed by atoms with Gasteiger partial charge in [0.25, 0.3) is 0 Å². The first-order valence-electron chi connectivity index (χ1n) is 11.7. The van der Waals surface area contributed by atoms with E-state index in [4.69, 9.17) is 4.74 Å². The van der Waals surface area contributed by atoms with Crippen LogP contribution in [0, 0.1) is 5.82 Å². The normalized spacial score (nSPS) is 20.5. The smallest absolute Gasteiger partial charge is 0.234 e. The van der Waals surface area contributed by atoms with E-state index >= 15 is 0 Å². The molecule has 10 heteroatoms. The fraction of sp³-hybridized carbons (Fsp3) is 0.400. The zero-order valence-electron chi connectivity index (χ0n) is 19.5. The number of hydrogen-bond acceptors (Lipinski definition) is 8. The maximum absolute atomic E-state index is 14.6. The van der Waals surface area contributed by atoms with Gasteiger partial charge in [0.2, 0.25) is 5.91 Å². The topological polar surface area (TPSA) is 99.6 Å². The van der Waals surface area contributed by atoms with Crippen LogP contribution in [0.3, 0.4) is 0 Å². The highest BCUT2D eigenvalue weighted by Crippen LogP contribution is 2.30. The second-order valence-corrected chi connectivity index (χ2v) is 9.86. The van der Waals surface area contributed by atoms with Gasteiger partial charge in [0.1, 0.15) is 16.6 Å². The quantitative estimate of drug-likeness (QED) is 0.458. The van der Waals surface area contributed by atoms with Crippen molar-refractivity contribution in [1.29, 1.82) is 0 Å². The van der Waals surface area contributed by atoms with Crippen LogP contribution in [0.1, 0.15) is 17.5 Å². The number of thioether (sulfide) groups is 1. The van der Waals surface area contributed by atoms with Crippen molar-refractivity contribution in [2.45, 2.75) is 36.6 Å². The van der Waals surface area contributed by atoms with E-state index in [0.29, 0.717) is 43.1 Å². The number of ether oxygens (including phenoxy) is 1. The molecule has 1 saturated heterocycles. The number of piperidine rings is 1. The summed E-state index contributed by atoms with van der Waals surface area (Å²) in [7, 11) is 1.59. The highest BCUT2D eigenvalue weighted by atomic mass is 32.2. The van der Waals surface area contributed by atoms with Crippen molar-refractivity contribution in [3.8, 4) is 5.75 Å². The van der Waals surface area contributed by atoms with E-state index < -0.39 is 6.10 Å². The number of benzene rings is 1. The lowest BCUT2D eigenvalue weighted by Gasteiger charge is -2.36. The molecule has 0 bridgehead atoms. The van der Waals surface area contributed by atoms with E-state index in [0.717, 1.165) is 40.1 Å². The first kappa shape index (κ1) is 23.9. The van der Waals surface area contributed by atoms with Gasteiger partial charge in [-0.3, -0.25) is 9.78 Å². The number of pyridine rings is 2. The molecule has 0 aliphatic carbocycles. The molecule has 2 atom stereocenters. The van der Waals surface area contributed by atoms with Crippen LogP contribution in [-0.4, -0.2) is 70.5 Å². The Balaban J connectivity index is 1.16. The minimum absolute atomic E-state index is 0.0176. The Kier molecular flexibility index (Phi) is 7.14. The molecule has 8 nitrogen and oxygen atoms in total. The molecule has 1 fully saturated rings. The number of halogens is 1. The van der Waals surface area contributed by atoms with E-state index in [1.807, 2.05) is 24.3 Å². The molecule has 4 heterocycles. The number of aromatic nitrogens is 2. The monoisotopic (exact) mass is 497 g/mol. The van der Waals surface area contributed by atoms with Crippen molar-refractivity contribution >= 4 is 34.3 Å². The Hall–Kier alpha value is -2.79. The second kappa shape index (κ2) is 10.4. The zero-order valence-corrected chi connectivity index (χ0v) is 20.3. The largest absolute Gasteiger partial charge is 0.497 e. The molecule has 1 aromatic carbocycles. The summed E-state index contributed by atoms with van der Waals surface area (Å²) < 4.78 is 19.9. The van der Waals surface area contributed by atoms with Crippen molar-refractivity contribution in [3.05, 3.63) is 53.6 Å². The molecule has 35 heavy (non-hydrogen) atoms. The van der Waals surface area contributed by atoms with Crippen LogP contribution in [-0.2, 0) is 17.8 Å². The molecular weight excluding hydrogens is 469 g/mol. The minimum atomic E-state index is -0.538. The third-order valence-electron chi connectivity index (χ3n) is 6.57. The molecule has 2 aliphatic rings. The van der Waals surface area contributed by atoms with E-state index in [2.05, 4.69) is 25.5 Å². The van der Waals surface area contributed by atoms with Crippen molar-refractivity contribution in [2.24, 2.45) is 0 Å². The van der Waals surface area contributed by atoms with Crippen LogP contribution < -0.4 is 15.4 Å². The van der Waals surface area contributed by atoms with Crippen molar-refractivity contribution < 1.29 is 19.0 Å². The highest BCUT2D eigenvalue weighted by Gasteiger charge is 2.27. The third-order valence-corrected chi connectivity index (χ3v) is 7.57. The Morgan fingerprint density at radius 1 is 1.31 bits per heavy atom. The van der Waals surface area contributed by atoms with Gasteiger partial charge in [-0.15, -0.1) is 0 Å². The maximum atomic E-state index is 14.6. The maximum Gasteiger partial charge on any atom is 0.234 e. The van der Waals surface area contributed by atoms with Gasteiger partial charge in [0, 0.05) is 42.8 Å². The number of rotatable bonds is 7. The fourth-order valence-electron chi connectivity index (χ4n) is 4.66. The highest BCUT2D eigenvalue weighted by molar-refractivity contribution is 8.00. The van der Waals surface area contributed by atoms with E-state index in [1.54, 1.807) is 13.3 Å². The second-order valence-electron chi connectivity index (χ2n) is 8.89. The van der Waals surface area contributed by atoms with Crippen LogP contribution in [0.4, 0.5) is 10.1 Å². The number of nitrogens with zero attached hydrogens (tertiary/aromatic N) is 3. The molecule has 5 rings (SSSR count). The lowest BCUT2D eigenvalue weighted by atomic mass is 10.00. The molecule has 0 radical (unpaired) electrons. The molecule has 3 N–H and O–H groups in total. The van der Waals surface area contributed by atoms with Gasteiger partial charge < -0.3 is 25.4 Å². The summed E-state index contributed by atoms with van der Waals surface area (Å²) >= 11 is 1.44. The number of hydrogen-bond donors (Lipinski definition) is 3. The number of amides is 1. The number of nitrogens with one attached hydrogen (secondary N) is 2. The Bertz CT molecular complexity index is 1240. The molecule has 184 valence electrons. The van der Waals surface area contributed by atoms with Crippen LogP contribution >= 0.6 is 11.8 Å². The molecular formula is C25H28FN5O3S. The molecule has 2 aromatic heterocycles. The first-order valence-corrected chi connectivity index (χ1v) is 12.6. The number of anilines is 1. The average Bonchev–Trinajstić information content (AvgIpc) is 2.87. The van der Waals surface area contributed by atoms with Gasteiger partial charge >= 0.3 is 0 Å². The standard InChI is InChI=1S/C25H28FN5O3S/c1-34-16-2-3-20-18(9-16)17(19(26)12-28-20)4-6-31-7-5-21(23(32)13-31)27-10-15-8-22-25(29-11-15)35-14-24(33)30-22/h2-3,8-9,11-12,21,23,27,32H,4-7,10,13-14H2,1H3,(H,30,33)/t21-,23-/m0/s1. The van der Waals surface area contributed by atoms with Crippen LogP contribution in [0.5, 0.6) is 5.75 Å². The number of carbonyl (C=O) groups excluding carboxylic acids is 1. The van der Waals surface area contributed by atoms with Crippen molar-refractivity contribution in [1.82, 2.24) is 20.2 Å². The Labute approximate surface area is 207 Å². The fourth-order valence-corrected chi connectivity index (χ4v) is 5.39. The predicted octanol–water partition coefficient (Wildman–Crippen LogP) is 2.59. The summed E-state index contributed by atoms with van der Waals surface area (Å²) in [5.74, 6) is 0.719. The van der Waals surface area contributed by atoms with Gasteiger partial charge in [-0.1, -0.05) is 11.8 Å². The van der Waals surface area contributed by atoms with Crippen molar-refractivity contribution in [2.75, 3.05) is 37.8 Å². The lowest BCUT2D eigenvalue weighted by molar-refractivity contribution is -0.113. The Morgan fingerprint density at radius 2 is 2.20 bits per heavy atom. The molecule has 0 spiro atoms. The van der Waals surface area contributed by atoms with Crippen molar-refractivity contribution in [3.63, 3.8) is 0 Å². The summed E-state index contributed by atoms with van der Waals surface area (Å²) in [5, 5.41) is 18.6. The number of carbonyl (C=O) groups is 1. The van der Waals surface area contributed by atoms with Gasteiger partial charge in [0.15, 0.2) is 0 Å². The zero-order chi connectivity index (χ0) is 24.4. The van der Waals surface area contributed by atoms with Gasteiger partial charge in [-0.2, -0.15) is 0 Å². The van der Waals surface area contributed by atoms with E-state index in [1.165, 1.54) is 18.0 Å². The number of β-amino-alcohol motifs (C(OH)–C–C–N with tert-alkyl or cyclic N) is 1. The van der Waals surface area contributed by atoms with Crippen LogP contribution in [0.2, 0.25) is 0 Å². The molecule has 1 amide bonds. The summed E-state index contributed by atoms with van der Waals surface area (Å²) in [5.41, 5.74) is 3.06. The van der Waals surface area contributed by atoms with Gasteiger partial charge in [-0.05, 0) is 49.2 Å². The van der Waals surface area contributed by atoms with E-state index in [9.17, 15) is 14.3 Å². The SMILES string of the molecule is COc1ccc2ncc(F)c(CCN3CC[C@H](NCc4cnc5c(c4)NC(=O)CS5)[C@@H](O)C3)c2c1. The minimum Gasteiger partial charge on any atom is -0.497 e. The summed E-state index contributed by atoms with van der Waals surface area (Å²) in [6.07, 6.45) is 3.84. The average molecular weight is 498 g/mol. The number of aliphatic hydroxyl groups excluding tert-OH is 1. The third kappa shape index (κ3) is 5.40. The Morgan fingerprint density at radius 3 is 3.03 bits per heavy atom. The number of aliphatic hydroxyl groups is 1. The number of fused-ring (bicyclic) bond motifs is 2. The molecule has 2 aliphatic heterocycles. The number of methoxy groups -OCH3 is 1.